The monoisotopic (exact) mass is 371 g/mol. The Balaban J connectivity index is 1.89. The van der Waals surface area contributed by atoms with Crippen LogP contribution < -0.4 is 4.90 Å². The molecule has 0 N–H and O–H groups in total. The number of amides is 1. The van der Waals surface area contributed by atoms with E-state index in [1.165, 1.54) is 16.7 Å². The van der Waals surface area contributed by atoms with Crippen molar-refractivity contribution in [3.8, 4) is 0 Å². The number of nitrogens with zero attached hydrogens (tertiary/aromatic N) is 1. The number of benzene rings is 2. The Hall–Kier alpha value is -1.88. The van der Waals surface area contributed by atoms with E-state index < -0.39 is 0 Å². The third-order valence-corrected chi connectivity index (χ3v) is 5.06. The van der Waals surface area contributed by atoms with Crippen molar-refractivity contribution in [2.45, 2.75) is 6.92 Å². The number of carbonyl (C=O) groups excluding carboxylic acids is 1. The minimum Gasteiger partial charge on any atom is -0.268 e. The van der Waals surface area contributed by atoms with E-state index in [1.807, 2.05) is 61.5 Å². The van der Waals surface area contributed by atoms with E-state index in [0.717, 1.165) is 11.1 Å². The maximum absolute atomic E-state index is 12.7. The van der Waals surface area contributed by atoms with Crippen LogP contribution in [-0.4, -0.2) is 10.2 Å². The lowest BCUT2D eigenvalue weighted by molar-refractivity contribution is -0.113. The summed E-state index contributed by atoms with van der Waals surface area (Å²) >= 11 is 12.9. The number of halogens is 1. The Morgan fingerprint density at radius 3 is 2.50 bits per heavy atom. The first-order chi connectivity index (χ1) is 11.6. The smallest absolute Gasteiger partial charge is 0.268 e. The molecule has 0 atom stereocenters. The lowest BCUT2D eigenvalue weighted by atomic mass is 10.1. The molecule has 1 heterocycles. The molecule has 1 fully saturated rings. The second-order valence-electron chi connectivity index (χ2n) is 5.27. The van der Waals surface area contributed by atoms with E-state index in [9.17, 15) is 4.79 Å². The van der Waals surface area contributed by atoms with Gasteiger partial charge in [0.15, 0.2) is 4.32 Å². The summed E-state index contributed by atoms with van der Waals surface area (Å²) in [4.78, 5) is 14.8. The van der Waals surface area contributed by atoms with Gasteiger partial charge in [-0.3, -0.25) is 9.69 Å². The van der Waals surface area contributed by atoms with Crippen molar-refractivity contribution >= 4 is 57.6 Å². The summed E-state index contributed by atoms with van der Waals surface area (Å²) in [7, 11) is 0. The molecular formula is C19H14ClNOS2. The molecule has 1 saturated heterocycles. The molecule has 5 heteroatoms. The van der Waals surface area contributed by atoms with Crippen molar-refractivity contribution in [1.29, 1.82) is 0 Å². The molecule has 2 aromatic rings. The first-order valence-electron chi connectivity index (χ1n) is 7.32. The van der Waals surface area contributed by atoms with Crippen LogP contribution in [0.25, 0.3) is 6.08 Å². The minimum atomic E-state index is -0.140. The number of rotatable bonds is 3. The van der Waals surface area contributed by atoms with Gasteiger partial charge in [-0.1, -0.05) is 84.1 Å². The zero-order valence-corrected chi connectivity index (χ0v) is 15.3. The van der Waals surface area contributed by atoms with Gasteiger partial charge in [-0.25, -0.2) is 0 Å². The summed E-state index contributed by atoms with van der Waals surface area (Å²) in [6.45, 7) is 1.97. The number of anilines is 1. The number of allylic oxidation sites excluding steroid dienone is 2. The molecule has 0 spiro atoms. The van der Waals surface area contributed by atoms with E-state index in [4.69, 9.17) is 23.8 Å². The highest BCUT2D eigenvalue weighted by atomic mass is 35.5. The van der Waals surface area contributed by atoms with Gasteiger partial charge in [0.25, 0.3) is 5.91 Å². The molecule has 0 aliphatic carbocycles. The summed E-state index contributed by atoms with van der Waals surface area (Å²) in [6.07, 6.45) is 3.89. The van der Waals surface area contributed by atoms with Gasteiger partial charge in [-0.05, 0) is 36.3 Å². The fraction of sp³-hybridized carbons (Fsp3) is 0.0526. The Labute approximate surface area is 155 Å². The quantitative estimate of drug-likeness (QED) is 0.510. The molecule has 1 aliphatic heterocycles. The van der Waals surface area contributed by atoms with Crippen LogP contribution in [0.1, 0.15) is 12.5 Å². The predicted molar refractivity (Wildman–Crippen MR) is 107 cm³/mol. The van der Waals surface area contributed by atoms with E-state index in [2.05, 4.69) is 0 Å². The standard InChI is InChI=1S/C19H14ClNOS2/c1-13(11-14-7-3-2-4-8-14)12-17-18(22)21(19(23)24-17)16-10-6-5-9-15(16)20/h2-12H,1H3/b13-11+,17-12-. The average Bonchev–Trinajstić information content (AvgIpc) is 2.83. The van der Waals surface area contributed by atoms with Gasteiger partial charge in [0.1, 0.15) is 0 Å². The van der Waals surface area contributed by atoms with Gasteiger partial charge < -0.3 is 0 Å². The highest BCUT2D eigenvalue weighted by molar-refractivity contribution is 8.27. The van der Waals surface area contributed by atoms with Crippen molar-refractivity contribution in [3.05, 3.63) is 81.7 Å². The Kier molecular flexibility index (Phi) is 5.19. The van der Waals surface area contributed by atoms with Crippen LogP contribution in [0.15, 0.2) is 71.2 Å². The number of hydrogen-bond acceptors (Lipinski definition) is 3. The van der Waals surface area contributed by atoms with E-state index >= 15 is 0 Å². The van der Waals surface area contributed by atoms with Crippen molar-refractivity contribution in [2.24, 2.45) is 0 Å². The van der Waals surface area contributed by atoms with E-state index in [0.29, 0.717) is 19.9 Å². The third-order valence-electron chi connectivity index (χ3n) is 3.44. The Bertz CT molecular complexity index is 859. The summed E-state index contributed by atoms with van der Waals surface area (Å²) in [5.41, 5.74) is 2.70. The molecule has 0 bridgehead atoms. The number of para-hydroxylation sites is 1. The topological polar surface area (TPSA) is 20.3 Å². The van der Waals surface area contributed by atoms with Crippen LogP contribution in [0.2, 0.25) is 5.02 Å². The zero-order chi connectivity index (χ0) is 17.1. The molecule has 0 aromatic heterocycles. The molecule has 1 amide bonds. The summed E-state index contributed by atoms with van der Waals surface area (Å²) in [5.74, 6) is -0.140. The summed E-state index contributed by atoms with van der Waals surface area (Å²) in [5, 5.41) is 0.506. The van der Waals surface area contributed by atoms with Crippen LogP contribution in [0.5, 0.6) is 0 Å². The molecular weight excluding hydrogens is 358 g/mol. The first-order valence-corrected chi connectivity index (χ1v) is 8.92. The molecule has 3 rings (SSSR count). The maximum atomic E-state index is 12.7. The van der Waals surface area contributed by atoms with Gasteiger partial charge in [0.05, 0.1) is 15.6 Å². The molecule has 0 radical (unpaired) electrons. The summed E-state index contributed by atoms with van der Waals surface area (Å²) < 4.78 is 0.492. The number of carbonyl (C=O) groups is 1. The maximum Gasteiger partial charge on any atom is 0.270 e. The molecule has 0 unspecified atom stereocenters. The lowest BCUT2D eigenvalue weighted by Gasteiger charge is -2.15. The van der Waals surface area contributed by atoms with Gasteiger partial charge >= 0.3 is 0 Å². The minimum absolute atomic E-state index is 0.140. The van der Waals surface area contributed by atoms with E-state index in [-0.39, 0.29) is 5.91 Å². The van der Waals surface area contributed by atoms with Crippen molar-refractivity contribution in [1.82, 2.24) is 0 Å². The van der Waals surface area contributed by atoms with Crippen molar-refractivity contribution < 1.29 is 4.79 Å². The van der Waals surface area contributed by atoms with Crippen LogP contribution in [-0.2, 0) is 4.79 Å². The Morgan fingerprint density at radius 1 is 1.12 bits per heavy atom. The SMILES string of the molecule is CC(/C=C1\SC(=S)N(c2ccccc2Cl)C1=O)=C\c1ccccc1. The van der Waals surface area contributed by atoms with Gasteiger partial charge in [0.2, 0.25) is 0 Å². The van der Waals surface area contributed by atoms with E-state index in [1.54, 1.807) is 12.1 Å². The highest BCUT2D eigenvalue weighted by Gasteiger charge is 2.34. The van der Waals surface area contributed by atoms with Gasteiger partial charge in [0, 0.05) is 0 Å². The molecule has 2 nitrogen and oxygen atoms in total. The van der Waals surface area contributed by atoms with Crippen molar-refractivity contribution in [2.75, 3.05) is 4.90 Å². The lowest BCUT2D eigenvalue weighted by Crippen LogP contribution is -2.27. The predicted octanol–water partition coefficient (Wildman–Crippen LogP) is 5.69. The van der Waals surface area contributed by atoms with Crippen molar-refractivity contribution in [3.63, 3.8) is 0 Å². The van der Waals surface area contributed by atoms with Crippen LogP contribution in [0.4, 0.5) is 5.69 Å². The van der Waals surface area contributed by atoms with Gasteiger partial charge in [-0.2, -0.15) is 0 Å². The van der Waals surface area contributed by atoms with Crippen LogP contribution in [0, 0.1) is 0 Å². The number of thiocarbonyl (C=S) groups is 1. The largest absolute Gasteiger partial charge is 0.270 e. The second-order valence-corrected chi connectivity index (χ2v) is 7.35. The second kappa shape index (κ2) is 7.34. The number of hydrogen-bond donors (Lipinski definition) is 0. The number of thioether (sulfide) groups is 1. The average molecular weight is 372 g/mol. The Morgan fingerprint density at radius 2 is 1.79 bits per heavy atom. The fourth-order valence-electron chi connectivity index (χ4n) is 2.37. The molecule has 0 saturated carbocycles. The first kappa shape index (κ1) is 17.0. The summed E-state index contributed by atoms with van der Waals surface area (Å²) in [6, 6.07) is 17.2. The molecule has 24 heavy (non-hydrogen) atoms. The fourth-order valence-corrected chi connectivity index (χ4v) is 3.92. The normalized spacial score (nSPS) is 17.0. The highest BCUT2D eigenvalue weighted by Crippen LogP contribution is 2.38. The zero-order valence-electron chi connectivity index (χ0n) is 12.9. The molecule has 120 valence electrons. The molecule has 1 aliphatic rings. The third kappa shape index (κ3) is 3.61. The van der Waals surface area contributed by atoms with Crippen LogP contribution >= 0.6 is 35.6 Å². The van der Waals surface area contributed by atoms with Gasteiger partial charge in [-0.15, -0.1) is 0 Å². The molecule has 2 aromatic carbocycles. The van der Waals surface area contributed by atoms with Crippen LogP contribution in [0.3, 0.4) is 0 Å².